The van der Waals surface area contributed by atoms with E-state index in [1.165, 1.54) is 9.36 Å². The Balaban J connectivity index is 1.24. The minimum Gasteiger partial charge on any atom is -0.215 e. The molecule has 6 rings (SSSR count). The van der Waals surface area contributed by atoms with Gasteiger partial charge in [0.25, 0.3) is 10.3 Å². The van der Waals surface area contributed by atoms with E-state index < -0.39 is 19.7 Å². The quantitative estimate of drug-likeness (QED) is 0.327. The van der Waals surface area contributed by atoms with E-state index in [4.69, 9.17) is 0 Å². The van der Waals surface area contributed by atoms with Crippen LogP contribution in [0.25, 0.3) is 0 Å². The van der Waals surface area contributed by atoms with E-state index in [0.717, 1.165) is 11.1 Å². The van der Waals surface area contributed by atoms with E-state index in [2.05, 4.69) is 31.1 Å². The third-order valence-electron chi connectivity index (χ3n) is 7.40. The van der Waals surface area contributed by atoms with Crippen molar-refractivity contribution in [2.45, 2.75) is 82.2 Å². The van der Waals surface area contributed by atoms with Gasteiger partial charge in [-0.2, -0.15) is 11.8 Å². The maximum atomic E-state index is 13.4. The molecule has 2 fully saturated rings. The lowest BCUT2D eigenvalue weighted by Crippen LogP contribution is -2.40. The van der Waals surface area contributed by atoms with Gasteiger partial charge in [-0.1, -0.05) is 45.6 Å². The van der Waals surface area contributed by atoms with Gasteiger partial charge < -0.3 is 0 Å². The number of aromatic nitrogens is 8. The van der Waals surface area contributed by atoms with E-state index in [-0.39, 0.29) is 42.7 Å². The van der Waals surface area contributed by atoms with Crippen LogP contribution >= 0.6 is 11.8 Å². The molecular weight excluding hydrogens is 561 g/mol. The van der Waals surface area contributed by atoms with Crippen LogP contribution in [0.2, 0.25) is 0 Å². The molecule has 2 aromatic carbocycles. The molecule has 2 aromatic heterocycles. The second-order valence-electron chi connectivity index (χ2n) is 9.95. The van der Waals surface area contributed by atoms with Crippen LogP contribution in [-0.4, -0.2) is 67.7 Å². The minimum atomic E-state index is -3.90. The molecule has 15 heteroatoms. The average Bonchev–Trinajstić information content (AvgIpc) is 3.61. The molecule has 12 nitrogen and oxygen atoms in total. The molecular formula is C24H26N8O4S3. The monoisotopic (exact) mass is 586 g/mol. The number of nitrogens with zero attached hydrogens (tertiary/aromatic N) is 8. The van der Waals surface area contributed by atoms with Crippen LogP contribution in [0, 0.1) is 13.8 Å². The molecule has 2 aliphatic heterocycles. The average molecular weight is 587 g/mol. The number of aryl methyl sites for hydroxylation is 2. The van der Waals surface area contributed by atoms with Gasteiger partial charge in [0.15, 0.2) is 0 Å². The Hall–Kier alpha value is -3.17. The molecule has 0 saturated carbocycles. The van der Waals surface area contributed by atoms with Crippen molar-refractivity contribution < 1.29 is 16.8 Å². The first-order valence-corrected chi connectivity index (χ1v) is 16.4. The van der Waals surface area contributed by atoms with Crippen molar-refractivity contribution in [1.29, 1.82) is 0 Å². The standard InChI is InChI=1S/C24H26N8O4S3/c1-15-3-7-17(8-4-15)38(33,34)23-25-27-29-31(23)19-11-13-22-20(12-14-21(19)37-22)32-24(26-28-30-32)39(35,36)18-9-5-16(2)6-10-18/h3-10,19-22H,11-14H2,1-2H3/t19-,20-,21-,22-/m1/s1. The summed E-state index contributed by atoms with van der Waals surface area (Å²) in [6.07, 6.45) is 2.68. The Morgan fingerprint density at radius 1 is 0.641 bits per heavy atom. The van der Waals surface area contributed by atoms with Crippen molar-refractivity contribution in [1.82, 2.24) is 40.4 Å². The third-order valence-corrected chi connectivity index (χ3v) is 12.5. The summed E-state index contributed by atoms with van der Waals surface area (Å²) in [5.74, 6) is 0. The second-order valence-corrected chi connectivity index (χ2v) is 15.1. The van der Waals surface area contributed by atoms with Crippen molar-refractivity contribution in [3.05, 3.63) is 59.7 Å². The molecule has 2 aliphatic rings. The Morgan fingerprint density at radius 2 is 1.03 bits per heavy atom. The van der Waals surface area contributed by atoms with Crippen molar-refractivity contribution in [2.75, 3.05) is 0 Å². The SMILES string of the molecule is Cc1ccc(S(=O)(=O)c2nnnn2[C@@H]2CC[C@H]3S[C@@H]2CC[C@H]3n2nnnc2S(=O)(=O)c2ccc(C)cc2)cc1. The Bertz CT molecular complexity index is 1590. The molecule has 2 bridgehead atoms. The minimum absolute atomic E-state index is 0.0594. The van der Waals surface area contributed by atoms with Gasteiger partial charge in [-0.3, -0.25) is 0 Å². The topological polar surface area (TPSA) is 155 Å². The summed E-state index contributed by atoms with van der Waals surface area (Å²) in [4.78, 5) is 0.297. The lowest BCUT2D eigenvalue weighted by Gasteiger charge is -2.43. The highest BCUT2D eigenvalue weighted by molar-refractivity contribution is 8.00. The van der Waals surface area contributed by atoms with Crippen molar-refractivity contribution in [3.8, 4) is 0 Å². The van der Waals surface area contributed by atoms with E-state index in [9.17, 15) is 16.8 Å². The summed E-state index contributed by atoms with van der Waals surface area (Å²) in [5.41, 5.74) is 1.91. The molecule has 4 aromatic rings. The lowest BCUT2D eigenvalue weighted by molar-refractivity contribution is 0.258. The highest BCUT2D eigenvalue weighted by atomic mass is 32.2. The van der Waals surface area contributed by atoms with Crippen LogP contribution in [0.15, 0.2) is 68.6 Å². The molecule has 0 aliphatic carbocycles. The maximum Gasteiger partial charge on any atom is 0.272 e. The fraction of sp³-hybridized carbons (Fsp3) is 0.417. The largest absolute Gasteiger partial charge is 0.272 e. The zero-order chi connectivity index (χ0) is 27.4. The zero-order valence-electron chi connectivity index (χ0n) is 21.2. The first-order chi connectivity index (χ1) is 18.7. The van der Waals surface area contributed by atoms with Gasteiger partial charge in [0.05, 0.1) is 21.9 Å². The smallest absolute Gasteiger partial charge is 0.215 e. The number of benzene rings is 2. The van der Waals surface area contributed by atoms with Crippen LogP contribution in [0.1, 0.15) is 48.9 Å². The number of fused-ring (bicyclic) bond motifs is 2. The van der Waals surface area contributed by atoms with Crippen LogP contribution in [0.3, 0.4) is 0 Å². The molecule has 39 heavy (non-hydrogen) atoms. The zero-order valence-corrected chi connectivity index (χ0v) is 23.6. The van der Waals surface area contributed by atoms with E-state index in [1.54, 1.807) is 60.3 Å². The second kappa shape index (κ2) is 9.78. The van der Waals surface area contributed by atoms with E-state index in [1.807, 2.05) is 13.8 Å². The highest BCUT2D eigenvalue weighted by Gasteiger charge is 2.45. The summed E-state index contributed by atoms with van der Waals surface area (Å²) in [7, 11) is -7.79. The highest BCUT2D eigenvalue weighted by Crippen LogP contribution is 2.51. The lowest BCUT2D eigenvalue weighted by atomic mass is 9.91. The van der Waals surface area contributed by atoms with Crippen LogP contribution in [0.5, 0.6) is 0 Å². The van der Waals surface area contributed by atoms with Crippen molar-refractivity contribution in [2.24, 2.45) is 0 Å². The van der Waals surface area contributed by atoms with Crippen LogP contribution in [-0.2, 0) is 19.7 Å². The number of hydrogen-bond donors (Lipinski definition) is 0. The van der Waals surface area contributed by atoms with E-state index in [0.29, 0.717) is 25.7 Å². The Kier molecular flexibility index (Phi) is 6.54. The number of tetrazole rings is 2. The molecule has 4 atom stereocenters. The molecule has 0 N–H and O–H groups in total. The summed E-state index contributed by atoms with van der Waals surface area (Å²) >= 11 is 1.70. The summed E-state index contributed by atoms with van der Waals surface area (Å²) in [5, 5.41) is 23.2. The predicted molar refractivity (Wildman–Crippen MR) is 141 cm³/mol. The fourth-order valence-corrected chi connectivity index (χ4v) is 9.71. The van der Waals surface area contributed by atoms with Gasteiger partial charge in [-0.15, -0.1) is 0 Å². The maximum absolute atomic E-state index is 13.4. The number of thioether (sulfide) groups is 1. The summed E-state index contributed by atoms with van der Waals surface area (Å²) < 4.78 is 56.4. The Morgan fingerprint density at radius 3 is 1.41 bits per heavy atom. The third kappa shape index (κ3) is 4.55. The van der Waals surface area contributed by atoms with Gasteiger partial charge in [0.1, 0.15) is 0 Å². The van der Waals surface area contributed by atoms with Gasteiger partial charge >= 0.3 is 0 Å². The normalized spacial score (nSPS) is 23.5. The first kappa shape index (κ1) is 26.1. The number of hydrogen-bond acceptors (Lipinski definition) is 11. The van der Waals surface area contributed by atoms with Crippen molar-refractivity contribution >= 4 is 31.4 Å². The molecule has 204 valence electrons. The number of sulfone groups is 2. The van der Waals surface area contributed by atoms with Gasteiger partial charge in [-0.05, 0) is 84.6 Å². The van der Waals surface area contributed by atoms with Crippen molar-refractivity contribution in [3.63, 3.8) is 0 Å². The van der Waals surface area contributed by atoms with Gasteiger partial charge in [0.2, 0.25) is 19.7 Å². The van der Waals surface area contributed by atoms with Crippen LogP contribution < -0.4 is 0 Å². The number of rotatable bonds is 6. The summed E-state index contributed by atoms with van der Waals surface area (Å²) in [6, 6.07) is 12.8. The van der Waals surface area contributed by atoms with Gasteiger partial charge in [-0.25, -0.2) is 26.2 Å². The Labute approximate surface area is 230 Å². The predicted octanol–water partition coefficient (Wildman–Crippen LogP) is 2.78. The summed E-state index contributed by atoms with van der Waals surface area (Å²) in [6.45, 7) is 3.78. The molecule has 0 amide bonds. The van der Waals surface area contributed by atoms with Gasteiger partial charge in [0, 0.05) is 10.5 Å². The first-order valence-electron chi connectivity index (χ1n) is 12.5. The molecule has 0 radical (unpaired) electrons. The molecule has 4 heterocycles. The fourth-order valence-electron chi connectivity index (χ4n) is 5.31. The molecule has 2 saturated heterocycles. The van der Waals surface area contributed by atoms with Crippen LogP contribution in [0.4, 0.5) is 0 Å². The molecule has 0 spiro atoms. The molecule has 0 unspecified atom stereocenters. The van der Waals surface area contributed by atoms with E-state index >= 15 is 0 Å².